The number of nitro groups is 1. The second-order valence-corrected chi connectivity index (χ2v) is 6.54. The molecule has 1 aromatic carbocycles. The van der Waals surface area contributed by atoms with Crippen LogP contribution in [0.5, 0.6) is 0 Å². The van der Waals surface area contributed by atoms with E-state index in [9.17, 15) is 24.5 Å². The Hall–Kier alpha value is -3.27. The normalized spacial score (nSPS) is 20.6. The Morgan fingerprint density at radius 3 is 2.27 bits per heavy atom. The van der Waals surface area contributed by atoms with E-state index in [1.54, 1.807) is 6.92 Å². The minimum atomic E-state index is -1.03. The zero-order valence-electron chi connectivity index (χ0n) is 16.9. The van der Waals surface area contributed by atoms with Crippen molar-refractivity contribution in [2.75, 3.05) is 6.61 Å². The summed E-state index contributed by atoms with van der Waals surface area (Å²) < 4.78 is 21.4. The molecule has 0 saturated carbocycles. The Balaban J connectivity index is 2.24. The van der Waals surface area contributed by atoms with Crippen LogP contribution in [0.2, 0.25) is 0 Å². The molecule has 0 fully saturated rings. The van der Waals surface area contributed by atoms with E-state index in [2.05, 4.69) is 0 Å². The molecular formula is C20H23NO9. The first-order valence-electron chi connectivity index (χ1n) is 9.28. The van der Waals surface area contributed by atoms with Gasteiger partial charge in [0.15, 0.2) is 12.2 Å². The highest BCUT2D eigenvalue weighted by atomic mass is 16.6. The summed E-state index contributed by atoms with van der Waals surface area (Å²) in [5.74, 6) is -1.80. The van der Waals surface area contributed by atoms with E-state index in [4.69, 9.17) is 18.9 Å². The number of nitro benzene ring substituents is 1. The Bertz CT molecular complexity index is 831. The van der Waals surface area contributed by atoms with Crippen molar-refractivity contribution >= 4 is 23.6 Å². The summed E-state index contributed by atoms with van der Waals surface area (Å²) in [7, 11) is 0. The quantitative estimate of drug-likeness (QED) is 0.268. The lowest BCUT2D eigenvalue weighted by molar-refractivity contribution is -0.384. The molecule has 0 amide bonds. The zero-order valence-corrected chi connectivity index (χ0v) is 16.9. The van der Waals surface area contributed by atoms with E-state index in [1.165, 1.54) is 44.2 Å². The minimum absolute atomic E-state index is 0.0311. The number of nitrogens with zero attached hydrogens (tertiary/aromatic N) is 1. The first kappa shape index (κ1) is 23.0. The maximum absolute atomic E-state index is 12.2. The Kier molecular flexibility index (Phi) is 8.05. The van der Waals surface area contributed by atoms with Crippen LogP contribution >= 0.6 is 0 Å². The van der Waals surface area contributed by atoms with Gasteiger partial charge in [0.05, 0.1) is 18.1 Å². The second kappa shape index (κ2) is 10.5. The van der Waals surface area contributed by atoms with Crippen LogP contribution in [0, 0.1) is 10.1 Å². The molecule has 30 heavy (non-hydrogen) atoms. The van der Waals surface area contributed by atoms with Gasteiger partial charge in [0.25, 0.3) is 5.69 Å². The van der Waals surface area contributed by atoms with Gasteiger partial charge in [-0.3, -0.25) is 19.7 Å². The molecule has 0 unspecified atom stereocenters. The van der Waals surface area contributed by atoms with Gasteiger partial charge in [0.2, 0.25) is 0 Å². The molecule has 10 nitrogen and oxygen atoms in total. The second-order valence-electron chi connectivity index (χ2n) is 6.54. The van der Waals surface area contributed by atoms with Crippen molar-refractivity contribution in [2.24, 2.45) is 0 Å². The van der Waals surface area contributed by atoms with Crippen LogP contribution in [-0.2, 0) is 39.9 Å². The number of carbonyl (C=O) groups is 3. The van der Waals surface area contributed by atoms with E-state index in [-0.39, 0.29) is 30.9 Å². The minimum Gasteiger partial charge on any atom is -0.463 e. The summed E-state index contributed by atoms with van der Waals surface area (Å²) in [4.78, 5) is 45.6. The smallest absolute Gasteiger partial charge is 0.333 e. The summed E-state index contributed by atoms with van der Waals surface area (Å²) in [6, 6.07) is 5.75. The van der Waals surface area contributed by atoms with Gasteiger partial charge in [-0.1, -0.05) is 0 Å². The summed E-state index contributed by atoms with van der Waals surface area (Å²) in [5.41, 5.74) is 0.815. The lowest BCUT2D eigenvalue weighted by Gasteiger charge is -2.35. The van der Waals surface area contributed by atoms with Crippen LogP contribution in [0.4, 0.5) is 5.69 Å². The maximum Gasteiger partial charge on any atom is 0.333 e. The topological polar surface area (TPSA) is 131 Å². The fourth-order valence-electron chi connectivity index (χ4n) is 2.98. The third-order valence-electron chi connectivity index (χ3n) is 4.23. The molecule has 0 N–H and O–H groups in total. The van der Waals surface area contributed by atoms with Crippen LogP contribution < -0.4 is 0 Å². The molecule has 0 radical (unpaired) electrons. The van der Waals surface area contributed by atoms with E-state index in [0.717, 1.165) is 0 Å². The van der Waals surface area contributed by atoms with Crippen molar-refractivity contribution in [3.8, 4) is 0 Å². The van der Waals surface area contributed by atoms with Crippen molar-refractivity contribution in [3.63, 3.8) is 0 Å². The van der Waals surface area contributed by atoms with Crippen LogP contribution in [-0.4, -0.2) is 47.8 Å². The number of non-ortho nitro benzene ring substituents is 1. The first-order chi connectivity index (χ1) is 14.2. The first-order valence-corrected chi connectivity index (χ1v) is 9.28. The largest absolute Gasteiger partial charge is 0.463 e. The van der Waals surface area contributed by atoms with Crippen molar-refractivity contribution in [3.05, 3.63) is 51.6 Å². The van der Waals surface area contributed by atoms with Gasteiger partial charge in [-0.15, -0.1) is 0 Å². The SMILES string of the molecule is CCOC(=O)C1=C[C@@H](OC(C)=O)[C@@H](OC(C)=O)[C@H](OCc2ccc([N+](=O)[O-])cc2)C1. The number of hydrogen-bond acceptors (Lipinski definition) is 9. The lowest BCUT2D eigenvalue weighted by atomic mass is 9.91. The molecule has 162 valence electrons. The molecule has 1 aliphatic carbocycles. The molecule has 1 aliphatic rings. The number of ether oxygens (including phenoxy) is 4. The molecule has 2 rings (SSSR count). The monoisotopic (exact) mass is 421 g/mol. The molecule has 0 heterocycles. The molecule has 3 atom stereocenters. The molecule has 0 aliphatic heterocycles. The molecule has 1 aromatic rings. The van der Waals surface area contributed by atoms with E-state index in [1.807, 2.05) is 0 Å². The predicted octanol–water partition coefficient (Wildman–Crippen LogP) is 2.24. The number of hydrogen-bond donors (Lipinski definition) is 0. The van der Waals surface area contributed by atoms with Gasteiger partial charge < -0.3 is 18.9 Å². The van der Waals surface area contributed by atoms with Crippen molar-refractivity contribution in [1.29, 1.82) is 0 Å². The van der Waals surface area contributed by atoms with Gasteiger partial charge in [0, 0.05) is 38.0 Å². The summed E-state index contributed by atoms with van der Waals surface area (Å²) >= 11 is 0. The highest BCUT2D eigenvalue weighted by molar-refractivity contribution is 5.89. The Morgan fingerprint density at radius 2 is 1.73 bits per heavy atom. The number of carbonyl (C=O) groups excluding carboxylic acids is 3. The average Bonchev–Trinajstić information content (AvgIpc) is 2.67. The maximum atomic E-state index is 12.2. The summed E-state index contributed by atoms with van der Waals surface area (Å²) in [5, 5.41) is 10.8. The van der Waals surface area contributed by atoms with Gasteiger partial charge >= 0.3 is 17.9 Å². The third kappa shape index (κ3) is 6.38. The van der Waals surface area contributed by atoms with Crippen molar-refractivity contribution < 1.29 is 38.3 Å². The Labute approximate surface area is 172 Å². The van der Waals surface area contributed by atoms with Crippen LogP contribution in [0.3, 0.4) is 0 Å². The van der Waals surface area contributed by atoms with E-state index >= 15 is 0 Å². The van der Waals surface area contributed by atoms with Gasteiger partial charge in [-0.25, -0.2) is 4.79 Å². The lowest BCUT2D eigenvalue weighted by Crippen LogP contribution is -2.47. The van der Waals surface area contributed by atoms with Gasteiger partial charge in [-0.2, -0.15) is 0 Å². The van der Waals surface area contributed by atoms with Crippen LogP contribution in [0.25, 0.3) is 0 Å². The van der Waals surface area contributed by atoms with Gasteiger partial charge in [0.1, 0.15) is 6.10 Å². The molecule has 0 aromatic heterocycles. The number of rotatable bonds is 8. The third-order valence-corrected chi connectivity index (χ3v) is 4.23. The number of benzene rings is 1. The predicted molar refractivity (Wildman–Crippen MR) is 102 cm³/mol. The molecule has 0 spiro atoms. The molecular weight excluding hydrogens is 398 g/mol. The summed E-state index contributed by atoms with van der Waals surface area (Å²) in [6.45, 7) is 4.27. The van der Waals surface area contributed by atoms with Crippen molar-refractivity contribution in [2.45, 2.75) is 52.1 Å². The average molecular weight is 421 g/mol. The standard InChI is InChI=1S/C20H23NO9/c1-4-27-20(24)15-9-17(19(30-13(3)23)18(10-15)29-12(2)22)28-11-14-5-7-16(8-6-14)21(25)26/h5-8,10,17-19H,4,9,11H2,1-3H3/t17-,18-,19+/m1/s1. The fourth-order valence-corrected chi connectivity index (χ4v) is 2.98. The fraction of sp³-hybridized carbons (Fsp3) is 0.450. The highest BCUT2D eigenvalue weighted by Crippen LogP contribution is 2.28. The van der Waals surface area contributed by atoms with E-state index in [0.29, 0.717) is 5.56 Å². The van der Waals surface area contributed by atoms with E-state index < -0.39 is 41.1 Å². The number of esters is 3. The van der Waals surface area contributed by atoms with Crippen molar-refractivity contribution in [1.82, 2.24) is 0 Å². The zero-order chi connectivity index (χ0) is 22.3. The van der Waals surface area contributed by atoms with Gasteiger partial charge in [-0.05, 0) is 30.7 Å². The molecule has 0 bridgehead atoms. The molecule has 10 heteroatoms. The Morgan fingerprint density at radius 1 is 1.10 bits per heavy atom. The highest BCUT2D eigenvalue weighted by Gasteiger charge is 2.40. The molecule has 0 saturated heterocycles. The summed E-state index contributed by atoms with van der Waals surface area (Å²) in [6.07, 6.45) is -1.33. The van der Waals surface area contributed by atoms with Crippen LogP contribution in [0.1, 0.15) is 32.8 Å². The van der Waals surface area contributed by atoms with Crippen LogP contribution in [0.15, 0.2) is 35.9 Å².